The molecule has 0 aliphatic carbocycles. The van der Waals surface area contributed by atoms with E-state index in [1.165, 1.54) is 11.3 Å². The van der Waals surface area contributed by atoms with Gasteiger partial charge in [-0.3, -0.25) is 4.98 Å². The van der Waals surface area contributed by atoms with E-state index in [0.29, 0.717) is 22.3 Å². The third-order valence-electron chi connectivity index (χ3n) is 3.39. The molecule has 0 aliphatic rings. The van der Waals surface area contributed by atoms with Gasteiger partial charge < -0.3 is 10.6 Å². The van der Waals surface area contributed by atoms with E-state index in [2.05, 4.69) is 20.6 Å². The number of halogens is 2. The maximum atomic E-state index is 12.1. The van der Waals surface area contributed by atoms with Crippen molar-refractivity contribution in [1.82, 2.24) is 15.3 Å². The van der Waals surface area contributed by atoms with E-state index in [1.807, 2.05) is 19.1 Å². The Morgan fingerprint density at radius 2 is 2.12 bits per heavy atom. The first-order valence-corrected chi connectivity index (χ1v) is 8.97. The van der Waals surface area contributed by atoms with Gasteiger partial charge in [0.1, 0.15) is 5.01 Å². The summed E-state index contributed by atoms with van der Waals surface area (Å²) in [6, 6.07) is 8.35. The lowest BCUT2D eigenvalue weighted by molar-refractivity contribution is 0.252. The number of hydrogen-bond acceptors (Lipinski definition) is 4. The second kappa shape index (κ2) is 7.82. The Kier molecular flexibility index (Phi) is 5.53. The number of anilines is 1. The number of nitrogens with one attached hydrogen (secondary N) is 2. The van der Waals surface area contributed by atoms with Crippen molar-refractivity contribution >= 4 is 46.3 Å². The maximum Gasteiger partial charge on any atom is 0.319 e. The van der Waals surface area contributed by atoms with Crippen LogP contribution in [0.5, 0.6) is 0 Å². The second-order valence-corrected chi connectivity index (χ2v) is 7.13. The molecule has 2 aromatic heterocycles. The summed E-state index contributed by atoms with van der Waals surface area (Å²) in [7, 11) is 0. The third-order valence-corrected chi connectivity index (χ3v) is 5.16. The lowest BCUT2D eigenvalue weighted by atomic mass is 10.3. The molecule has 25 heavy (non-hydrogen) atoms. The Balaban J connectivity index is 1.64. The van der Waals surface area contributed by atoms with Crippen LogP contribution in [0.1, 0.15) is 10.6 Å². The van der Waals surface area contributed by atoms with E-state index in [-0.39, 0.29) is 6.03 Å². The molecule has 3 rings (SSSR count). The highest BCUT2D eigenvalue weighted by atomic mass is 35.5. The molecular formula is C17H14Cl2N4OS. The molecule has 3 aromatic rings. The van der Waals surface area contributed by atoms with Gasteiger partial charge in [-0.05, 0) is 37.3 Å². The molecule has 128 valence electrons. The van der Waals surface area contributed by atoms with Crippen molar-refractivity contribution in [2.45, 2.75) is 13.5 Å². The van der Waals surface area contributed by atoms with Gasteiger partial charge in [0, 0.05) is 27.9 Å². The Morgan fingerprint density at radius 1 is 1.28 bits per heavy atom. The van der Waals surface area contributed by atoms with Crippen molar-refractivity contribution in [3.05, 3.63) is 63.3 Å². The monoisotopic (exact) mass is 392 g/mol. The number of rotatable bonds is 4. The van der Waals surface area contributed by atoms with Crippen LogP contribution in [0.15, 0.2) is 42.7 Å². The Labute approximate surface area is 159 Å². The normalized spacial score (nSPS) is 10.5. The zero-order chi connectivity index (χ0) is 17.8. The molecule has 0 saturated heterocycles. The molecular weight excluding hydrogens is 379 g/mol. The van der Waals surface area contributed by atoms with Crippen LogP contribution in [0.3, 0.4) is 0 Å². The number of hydrogen-bond donors (Lipinski definition) is 2. The average molecular weight is 393 g/mol. The van der Waals surface area contributed by atoms with Crippen LogP contribution in [0.2, 0.25) is 10.0 Å². The molecule has 2 heterocycles. The fourth-order valence-electron chi connectivity index (χ4n) is 2.13. The predicted molar refractivity (Wildman–Crippen MR) is 102 cm³/mol. The molecule has 8 heteroatoms. The van der Waals surface area contributed by atoms with E-state index in [9.17, 15) is 4.79 Å². The molecule has 5 nitrogen and oxygen atoms in total. The van der Waals surface area contributed by atoms with Gasteiger partial charge in [0.15, 0.2) is 0 Å². The predicted octanol–water partition coefficient (Wildman–Crippen LogP) is 5.14. The highest BCUT2D eigenvalue weighted by Gasteiger charge is 2.11. The van der Waals surface area contributed by atoms with Gasteiger partial charge >= 0.3 is 6.03 Å². The first kappa shape index (κ1) is 17.7. The lowest BCUT2D eigenvalue weighted by Crippen LogP contribution is -2.28. The number of thiazole rings is 1. The standard InChI is InChI=1S/C17H14Cl2N4OS/c1-10-15(25-16(22-10)11-3-2-6-20-8-11)9-21-17(24)23-14-7-12(18)4-5-13(14)19/h2-8H,9H2,1H3,(H2,21,23,24). The van der Waals surface area contributed by atoms with Crippen LogP contribution in [0.4, 0.5) is 10.5 Å². The summed E-state index contributed by atoms with van der Waals surface area (Å²) >= 11 is 13.5. The van der Waals surface area contributed by atoms with Gasteiger partial charge in [-0.15, -0.1) is 11.3 Å². The zero-order valence-corrected chi connectivity index (χ0v) is 15.5. The van der Waals surface area contributed by atoms with Gasteiger partial charge in [-0.1, -0.05) is 23.2 Å². The minimum absolute atomic E-state index is 0.361. The summed E-state index contributed by atoms with van der Waals surface area (Å²) in [6.45, 7) is 2.28. The molecule has 2 amide bonds. The summed E-state index contributed by atoms with van der Waals surface area (Å²) in [6.07, 6.45) is 3.49. The molecule has 0 saturated carbocycles. The fraction of sp³-hybridized carbons (Fsp3) is 0.118. The minimum Gasteiger partial charge on any atom is -0.333 e. The van der Waals surface area contributed by atoms with Crippen molar-refractivity contribution in [3.8, 4) is 10.6 Å². The van der Waals surface area contributed by atoms with Crippen LogP contribution in [-0.4, -0.2) is 16.0 Å². The van der Waals surface area contributed by atoms with Crippen molar-refractivity contribution in [2.75, 3.05) is 5.32 Å². The van der Waals surface area contributed by atoms with Crippen molar-refractivity contribution in [3.63, 3.8) is 0 Å². The van der Waals surface area contributed by atoms with E-state index in [0.717, 1.165) is 21.1 Å². The zero-order valence-electron chi connectivity index (χ0n) is 13.2. The van der Waals surface area contributed by atoms with Crippen LogP contribution in [0.25, 0.3) is 10.6 Å². The van der Waals surface area contributed by atoms with Crippen LogP contribution >= 0.6 is 34.5 Å². The number of aromatic nitrogens is 2. The van der Waals surface area contributed by atoms with Crippen molar-refractivity contribution in [2.24, 2.45) is 0 Å². The summed E-state index contributed by atoms with van der Waals surface area (Å²) in [5.74, 6) is 0. The molecule has 1 aromatic carbocycles. The van der Waals surface area contributed by atoms with Gasteiger partial charge in [0.2, 0.25) is 0 Å². The second-order valence-electron chi connectivity index (χ2n) is 5.20. The van der Waals surface area contributed by atoms with Crippen molar-refractivity contribution < 1.29 is 4.79 Å². The minimum atomic E-state index is -0.361. The van der Waals surface area contributed by atoms with Gasteiger partial charge in [0.05, 0.1) is 22.9 Å². The first-order valence-electron chi connectivity index (χ1n) is 7.39. The average Bonchev–Trinajstić information content (AvgIpc) is 2.98. The quantitative estimate of drug-likeness (QED) is 0.645. The molecule has 0 unspecified atom stereocenters. The van der Waals surface area contributed by atoms with Crippen LogP contribution in [0, 0.1) is 6.92 Å². The SMILES string of the molecule is Cc1nc(-c2cccnc2)sc1CNC(=O)Nc1cc(Cl)ccc1Cl. The van der Waals surface area contributed by atoms with Gasteiger partial charge in [-0.25, -0.2) is 9.78 Å². The highest BCUT2D eigenvalue weighted by molar-refractivity contribution is 7.15. The number of carbonyl (C=O) groups is 1. The smallest absolute Gasteiger partial charge is 0.319 e. The molecule has 0 bridgehead atoms. The Bertz CT molecular complexity index is 899. The first-order chi connectivity index (χ1) is 12.0. The number of aryl methyl sites for hydroxylation is 1. The van der Waals surface area contributed by atoms with Crippen LogP contribution in [-0.2, 0) is 6.54 Å². The highest BCUT2D eigenvalue weighted by Crippen LogP contribution is 2.27. The third kappa shape index (κ3) is 4.48. The molecule has 0 radical (unpaired) electrons. The Hall–Kier alpha value is -2.15. The number of carbonyl (C=O) groups excluding carboxylic acids is 1. The molecule has 2 N–H and O–H groups in total. The molecule has 0 spiro atoms. The molecule has 0 fully saturated rings. The van der Waals surface area contributed by atoms with E-state index in [1.54, 1.807) is 30.6 Å². The van der Waals surface area contributed by atoms with Gasteiger partial charge in [0.25, 0.3) is 0 Å². The van der Waals surface area contributed by atoms with Crippen molar-refractivity contribution in [1.29, 1.82) is 0 Å². The number of pyridine rings is 1. The Morgan fingerprint density at radius 3 is 2.88 bits per heavy atom. The number of urea groups is 1. The molecule has 0 aliphatic heterocycles. The number of amides is 2. The topological polar surface area (TPSA) is 66.9 Å². The number of nitrogens with zero attached hydrogens (tertiary/aromatic N) is 2. The summed E-state index contributed by atoms with van der Waals surface area (Å²) in [5.41, 5.74) is 2.30. The summed E-state index contributed by atoms with van der Waals surface area (Å²) in [5, 5.41) is 7.29. The summed E-state index contributed by atoms with van der Waals surface area (Å²) < 4.78 is 0. The largest absolute Gasteiger partial charge is 0.333 e. The van der Waals surface area contributed by atoms with Gasteiger partial charge in [-0.2, -0.15) is 0 Å². The summed E-state index contributed by atoms with van der Waals surface area (Å²) in [4.78, 5) is 21.7. The molecule has 0 atom stereocenters. The lowest BCUT2D eigenvalue weighted by Gasteiger charge is -2.09. The maximum absolute atomic E-state index is 12.1. The fourth-order valence-corrected chi connectivity index (χ4v) is 3.45. The number of benzene rings is 1. The van der Waals surface area contributed by atoms with E-state index >= 15 is 0 Å². The van der Waals surface area contributed by atoms with Crippen LogP contribution < -0.4 is 10.6 Å². The van der Waals surface area contributed by atoms with E-state index < -0.39 is 0 Å². The van der Waals surface area contributed by atoms with E-state index in [4.69, 9.17) is 23.2 Å².